The molecule has 1 aromatic carbocycles. The number of likely N-dealkylation sites (tertiary alicyclic amines) is 1. The Balaban J connectivity index is 2.23. The molecule has 104 valence electrons. The number of halogens is 1. The van der Waals surface area contributed by atoms with Gasteiger partial charge in [-0.05, 0) is 18.3 Å². The predicted molar refractivity (Wildman–Crippen MR) is 70.4 cm³/mol. The van der Waals surface area contributed by atoms with E-state index in [0.29, 0.717) is 0 Å². The Hall–Kier alpha value is -2.42. The van der Waals surface area contributed by atoms with Gasteiger partial charge in [0.1, 0.15) is 5.82 Å². The van der Waals surface area contributed by atoms with E-state index in [2.05, 4.69) is 5.32 Å². The third kappa shape index (κ3) is 2.62. The Kier molecular flexibility index (Phi) is 3.70. The van der Waals surface area contributed by atoms with Gasteiger partial charge in [0, 0.05) is 25.0 Å². The number of nitrogens with zero attached hydrogens (tertiary/aromatic N) is 2. The van der Waals surface area contributed by atoms with Crippen molar-refractivity contribution in [2.75, 3.05) is 5.32 Å². The van der Waals surface area contributed by atoms with Gasteiger partial charge in [-0.25, -0.2) is 9.29 Å². The Morgan fingerprint density at radius 2 is 1.95 bits per heavy atom. The maximum absolute atomic E-state index is 13.5. The zero-order valence-electron chi connectivity index (χ0n) is 9.96. The molecule has 1 aliphatic heterocycles. The molecule has 20 heavy (non-hydrogen) atoms. The zero-order valence-corrected chi connectivity index (χ0v) is 10.8. The number of non-ortho nitro benzene ring substituents is 1. The van der Waals surface area contributed by atoms with E-state index in [4.69, 9.17) is 12.2 Å². The Morgan fingerprint density at radius 3 is 2.50 bits per heavy atom. The van der Waals surface area contributed by atoms with E-state index in [-0.39, 0.29) is 29.3 Å². The number of nitro benzene ring substituents is 1. The number of rotatable bonds is 2. The number of benzene rings is 1. The first-order valence-corrected chi connectivity index (χ1v) is 5.91. The van der Waals surface area contributed by atoms with Crippen LogP contribution in [0.2, 0.25) is 0 Å². The lowest BCUT2D eigenvalue weighted by Crippen LogP contribution is -2.38. The van der Waals surface area contributed by atoms with Gasteiger partial charge in [0.15, 0.2) is 5.11 Å². The fraction of sp³-hybridized carbons (Fsp3) is 0.182. The van der Waals surface area contributed by atoms with Crippen LogP contribution in [-0.2, 0) is 9.59 Å². The predicted octanol–water partition coefficient (Wildman–Crippen LogP) is 1.58. The maximum atomic E-state index is 13.5. The van der Waals surface area contributed by atoms with Crippen molar-refractivity contribution in [1.29, 1.82) is 0 Å². The van der Waals surface area contributed by atoms with Crippen LogP contribution in [0.15, 0.2) is 18.2 Å². The van der Waals surface area contributed by atoms with Crippen LogP contribution in [0, 0.1) is 15.9 Å². The molecular formula is C11H8FN3O4S. The second-order valence-corrected chi connectivity index (χ2v) is 4.36. The molecule has 0 aromatic heterocycles. The van der Waals surface area contributed by atoms with Crippen LogP contribution < -0.4 is 5.32 Å². The fourth-order valence-electron chi connectivity index (χ4n) is 1.70. The molecule has 1 aliphatic rings. The summed E-state index contributed by atoms with van der Waals surface area (Å²) in [6.07, 6.45) is 0.0795. The van der Waals surface area contributed by atoms with E-state index < -0.39 is 22.6 Å². The van der Waals surface area contributed by atoms with Gasteiger partial charge in [0.2, 0.25) is 11.8 Å². The first-order chi connectivity index (χ1) is 9.40. The van der Waals surface area contributed by atoms with Crippen molar-refractivity contribution in [1.82, 2.24) is 4.90 Å². The summed E-state index contributed by atoms with van der Waals surface area (Å²) >= 11 is 4.86. The third-order valence-electron chi connectivity index (χ3n) is 2.66. The topological polar surface area (TPSA) is 92.6 Å². The standard InChI is InChI=1S/C11H8FN3O4S/c12-7-2-1-6(15(18)19)5-8(7)13-11(20)14-9(16)3-4-10(14)17/h1-2,5H,3-4H2,(H,13,20). The van der Waals surface area contributed by atoms with E-state index in [1.54, 1.807) is 0 Å². The van der Waals surface area contributed by atoms with Crippen LogP contribution in [0.1, 0.15) is 12.8 Å². The van der Waals surface area contributed by atoms with Crippen molar-refractivity contribution in [3.63, 3.8) is 0 Å². The molecule has 0 aliphatic carbocycles. The molecule has 0 unspecified atom stereocenters. The van der Waals surface area contributed by atoms with Gasteiger partial charge in [0.05, 0.1) is 10.6 Å². The van der Waals surface area contributed by atoms with Crippen molar-refractivity contribution >= 4 is 40.5 Å². The molecule has 0 bridgehead atoms. The van der Waals surface area contributed by atoms with E-state index in [9.17, 15) is 24.1 Å². The van der Waals surface area contributed by atoms with Crippen LogP contribution >= 0.6 is 12.2 Å². The number of carbonyl (C=O) groups excluding carboxylic acids is 2. The van der Waals surface area contributed by atoms with Crippen molar-refractivity contribution in [2.45, 2.75) is 12.8 Å². The Labute approximate surface area is 117 Å². The van der Waals surface area contributed by atoms with Gasteiger partial charge in [-0.15, -0.1) is 0 Å². The minimum atomic E-state index is -0.781. The van der Waals surface area contributed by atoms with Crippen molar-refractivity contribution < 1.29 is 18.9 Å². The number of amides is 2. The molecule has 1 fully saturated rings. The molecule has 9 heteroatoms. The monoisotopic (exact) mass is 297 g/mol. The van der Waals surface area contributed by atoms with Crippen LogP contribution in [0.25, 0.3) is 0 Å². The van der Waals surface area contributed by atoms with Gasteiger partial charge >= 0.3 is 0 Å². The molecule has 7 nitrogen and oxygen atoms in total. The molecule has 2 amide bonds. The summed E-state index contributed by atoms with van der Waals surface area (Å²) in [5.74, 6) is -1.76. The van der Waals surface area contributed by atoms with Crippen LogP contribution in [0.4, 0.5) is 15.8 Å². The second-order valence-electron chi connectivity index (χ2n) is 3.97. The summed E-state index contributed by atoms with van der Waals surface area (Å²) in [5, 5.41) is 12.7. The number of carbonyl (C=O) groups is 2. The van der Waals surface area contributed by atoms with Gasteiger partial charge in [-0.1, -0.05) is 0 Å². The number of hydrogen-bond donors (Lipinski definition) is 1. The van der Waals surface area contributed by atoms with Gasteiger partial charge in [0.25, 0.3) is 5.69 Å². The number of hydrogen-bond acceptors (Lipinski definition) is 5. The molecule has 0 atom stereocenters. The molecule has 0 radical (unpaired) electrons. The SMILES string of the molecule is O=C1CCC(=O)N1C(=S)Nc1cc([N+](=O)[O-])ccc1F. The summed E-state index contributed by atoms with van der Waals surface area (Å²) in [7, 11) is 0. The van der Waals surface area contributed by atoms with E-state index >= 15 is 0 Å². The van der Waals surface area contributed by atoms with E-state index in [1.807, 2.05) is 0 Å². The second kappa shape index (κ2) is 5.29. The molecule has 1 saturated heterocycles. The molecule has 1 aromatic rings. The minimum absolute atomic E-state index is 0.0398. The molecule has 1 N–H and O–H groups in total. The molecule has 0 spiro atoms. The van der Waals surface area contributed by atoms with Gasteiger partial charge in [-0.3, -0.25) is 19.7 Å². The highest BCUT2D eigenvalue weighted by Gasteiger charge is 2.32. The molecular weight excluding hydrogens is 289 g/mol. The first-order valence-electron chi connectivity index (χ1n) is 5.51. The quantitative estimate of drug-likeness (QED) is 0.385. The largest absolute Gasteiger partial charge is 0.329 e. The smallest absolute Gasteiger partial charge is 0.271 e. The van der Waals surface area contributed by atoms with Crippen LogP contribution in [0.5, 0.6) is 0 Å². The van der Waals surface area contributed by atoms with E-state index in [1.165, 1.54) is 0 Å². The van der Waals surface area contributed by atoms with Crippen molar-refractivity contribution in [2.24, 2.45) is 0 Å². The minimum Gasteiger partial charge on any atom is -0.329 e. The van der Waals surface area contributed by atoms with Crippen molar-refractivity contribution in [3.8, 4) is 0 Å². The lowest BCUT2D eigenvalue weighted by atomic mass is 10.2. The summed E-state index contributed by atoms with van der Waals surface area (Å²) in [4.78, 5) is 33.6. The zero-order chi connectivity index (χ0) is 14.9. The number of anilines is 1. The molecule has 0 saturated carbocycles. The van der Waals surface area contributed by atoms with Crippen LogP contribution in [-0.4, -0.2) is 26.8 Å². The first kappa shape index (κ1) is 14.0. The summed E-state index contributed by atoms with van der Waals surface area (Å²) in [6.45, 7) is 0. The van der Waals surface area contributed by atoms with Crippen molar-refractivity contribution in [3.05, 3.63) is 34.1 Å². The van der Waals surface area contributed by atoms with Gasteiger partial charge in [-0.2, -0.15) is 0 Å². The number of thiocarbonyl (C=S) groups is 1. The lowest BCUT2D eigenvalue weighted by Gasteiger charge is -2.16. The summed E-state index contributed by atoms with van der Waals surface area (Å²) < 4.78 is 13.5. The van der Waals surface area contributed by atoms with Gasteiger partial charge < -0.3 is 5.32 Å². The highest BCUT2D eigenvalue weighted by atomic mass is 32.1. The van der Waals surface area contributed by atoms with Crippen LogP contribution in [0.3, 0.4) is 0 Å². The molecule has 1 heterocycles. The highest BCUT2D eigenvalue weighted by Crippen LogP contribution is 2.22. The molecule has 2 rings (SSSR count). The average molecular weight is 297 g/mol. The van der Waals surface area contributed by atoms with E-state index in [0.717, 1.165) is 23.1 Å². The Bertz CT molecular complexity index is 618. The summed E-state index contributed by atoms with van der Waals surface area (Å²) in [6, 6.07) is 2.83. The normalized spacial score (nSPS) is 14.6. The lowest BCUT2D eigenvalue weighted by molar-refractivity contribution is -0.384. The average Bonchev–Trinajstić information content (AvgIpc) is 2.71. The summed E-state index contributed by atoms with van der Waals surface area (Å²) in [5.41, 5.74) is -0.604. The maximum Gasteiger partial charge on any atom is 0.271 e. The number of nitro groups is 1. The number of imide groups is 1. The fourth-order valence-corrected chi connectivity index (χ4v) is 2.01. The Morgan fingerprint density at radius 1 is 1.35 bits per heavy atom. The highest BCUT2D eigenvalue weighted by molar-refractivity contribution is 7.80. The third-order valence-corrected chi connectivity index (χ3v) is 2.94. The number of nitrogens with one attached hydrogen (secondary N) is 1.